The molecule has 1 heterocycles. The van der Waals surface area contributed by atoms with Gasteiger partial charge >= 0.3 is 0 Å². The second kappa shape index (κ2) is 6.72. The molecule has 1 aliphatic rings. The maximum atomic E-state index is 6.24. The van der Waals surface area contributed by atoms with Gasteiger partial charge in [0.2, 0.25) is 0 Å². The molecule has 0 unspecified atom stereocenters. The van der Waals surface area contributed by atoms with Crippen molar-refractivity contribution in [1.82, 2.24) is 4.90 Å². The van der Waals surface area contributed by atoms with E-state index in [4.69, 9.17) is 10.5 Å². The van der Waals surface area contributed by atoms with Gasteiger partial charge in [0.25, 0.3) is 0 Å². The zero-order valence-electron chi connectivity index (χ0n) is 12.0. The van der Waals surface area contributed by atoms with Crippen LogP contribution >= 0.6 is 0 Å². The fourth-order valence-corrected chi connectivity index (χ4v) is 2.41. The summed E-state index contributed by atoms with van der Waals surface area (Å²) in [5.41, 5.74) is 6.14. The first-order valence-electron chi connectivity index (χ1n) is 7.04. The Balaban J connectivity index is 2.33. The van der Waals surface area contributed by atoms with Crippen LogP contribution in [0.15, 0.2) is 0 Å². The van der Waals surface area contributed by atoms with E-state index in [-0.39, 0.29) is 17.7 Å². The number of hydrogen-bond acceptors (Lipinski definition) is 3. The molecule has 0 aromatic carbocycles. The van der Waals surface area contributed by atoms with Gasteiger partial charge < -0.3 is 15.4 Å². The molecule has 3 heteroatoms. The summed E-state index contributed by atoms with van der Waals surface area (Å²) >= 11 is 0. The van der Waals surface area contributed by atoms with Crippen LogP contribution in [0.1, 0.15) is 53.4 Å². The van der Waals surface area contributed by atoms with Crippen molar-refractivity contribution in [3.8, 4) is 0 Å². The first-order valence-corrected chi connectivity index (χ1v) is 7.04. The summed E-state index contributed by atoms with van der Waals surface area (Å²) in [5, 5.41) is 0. The second-order valence-electron chi connectivity index (χ2n) is 6.31. The van der Waals surface area contributed by atoms with Gasteiger partial charge in [-0.25, -0.2) is 0 Å². The van der Waals surface area contributed by atoms with Gasteiger partial charge in [-0.1, -0.05) is 12.8 Å². The molecule has 1 fully saturated rings. The molecular weight excluding hydrogens is 212 g/mol. The molecule has 0 aliphatic carbocycles. The predicted molar refractivity (Wildman–Crippen MR) is 73.2 cm³/mol. The lowest BCUT2D eigenvalue weighted by Crippen LogP contribution is -2.47. The minimum absolute atomic E-state index is 0.101. The van der Waals surface area contributed by atoms with Crippen LogP contribution < -0.4 is 5.73 Å². The van der Waals surface area contributed by atoms with Gasteiger partial charge in [0.05, 0.1) is 11.7 Å². The molecule has 102 valence electrons. The highest BCUT2D eigenvalue weighted by Crippen LogP contribution is 2.14. The third-order valence-corrected chi connectivity index (χ3v) is 3.31. The van der Waals surface area contributed by atoms with E-state index in [1.165, 1.54) is 38.8 Å². The Bertz CT molecular complexity index is 205. The second-order valence-corrected chi connectivity index (χ2v) is 6.31. The van der Waals surface area contributed by atoms with Gasteiger partial charge in [-0.3, -0.25) is 0 Å². The normalized spacial score (nSPS) is 23.1. The quantitative estimate of drug-likeness (QED) is 0.822. The van der Waals surface area contributed by atoms with Crippen LogP contribution in [0.2, 0.25) is 0 Å². The minimum Gasteiger partial charge on any atom is -0.371 e. The monoisotopic (exact) mass is 242 g/mol. The fourth-order valence-electron chi connectivity index (χ4n) is 2.41. The van der Waals surface area contributed by atoms with Crippen LogP contribution in [0.5, 0.6) is 0 Å². The molecule has 0 aromatic heterocycles. The van der Waals surface area contributed by atoms with Gasteiger partial charge in [-0.15, -0.1) is 0 Å². The van der Waals surface area contributed by atoms with Crippen molar-refractivity contribution in [2.75, 3.05) is 19.6 Å². The molecule has 0 amide bonds. The molecule has 2 atom stereocenters. The fraction of sp³-hybridized carbons (Fsp3) is 1.00. The highest BCUT2D eigenvalue weighted by atomic mass is 16.5. The summed E-state index contributed by atoms with van der Waals surface area (Å²) in [5.74, 6) is 0. The van der Waals surface area contributed by atoms with Crippen LogP contribution in [0.3, 0.4) is 0 Å². The number of nitrogens with zero attached hydrogens (tertiary/aromatic N) is 1. The third kappa shape index (κ3) is 6.39. The predicted octanol–water partition coefficient (Wildman–Crippen LogP) is 2.39. The summed E-state index contributed by atoms with van der Waals surface area (Å²) < 4.78 is 5.92. The van der Waals surface area contributed by atoms with E-state index >= 15 is 0 Å². The first-order chi connectivity index (χ1) is 7.88. The summed E-state index contributed by atoms with van der Waals surface area (Å²) in [6.45, 7) is 11.7. The summed E-state index contributed by atoms with van der Waals surface area (Å²) in [4.78, 5) is 2.50. The maximum absolute atomic E-state index is 6.24. The van der Waals surface area contributed by atoms with Crippen molar-refractivity contribution in [1.29, 1.82) is 0 Å². The van der Waals surface area contributed by atoms with Crippen molar-refractivity contribution in [2.24, 2.45) is 5.73 Å². The van der Waals surface area contributed by atoms with Crippen LogP contribution in [-0.2, 0) is 4.74 Å². The van der Waals surface area contributed by atoms with Gasteiger partial charge in [0.15, 0.2) is 0 Å². The number of likely N-dealkylation sites (tertiary alicyclic amines) is 1. The lowest BCUT2D eigenvalue weighted by molar-refractivity contribution is -0.0645. The van der Waals surface area contributed by atoms with E-state index in [1.54, 1.807) is 0 Å². The number of ether oxygens (including phenoxy) is 1. The summed E-state index contributed by atoms with van der Waals surface area (Å²) in [7, 11) is 0. The Morgan fingerprint density at radius 3 is 2.12 bits per heavy atom. The van der Waals surface area contributed by atoms with Crippen molar-refractivity contribution in [3.63, 3.8) is 0 Å². The molecular formula is C14H30N2O. The standard InChI is InChI=1S/C14H30N2O/c1-12(17-14(2,3)4)13(15)11-16-9-7-5-6-8-10-16/h12-13H,5-11,15H2,1-4H3/t12-,13-/m1/s1. The SMILES string of the molecule is C[C@@H](OC(C)(C)C)[C@H](N)CN1CCCCCC1. The molecule has 0 saturated carbocycles. The average Bonchev–Trinajstić information content (AvgIpc) is 2.43. The van der Waals surface area contributed by atoms with Crippen molar-refractivity contribution in [2.45, 2.75) is 71.1 Å². The highest BCUT2D eigenvalue weighted by molar-refractivity contribution is 4.77. The molecule has 0 radical (unpaired) electrons. The van der Waals surface area contributed by atoms with Crippen molar-refractivity contribution in [3.05, 3.63) is 0 Å². The number of rotatable bonds is 4. The Morgan fingerprint density at radius 2 is 1.65 bits per heavy atom. The molecule has 3 nitrogen and oxygen atoms in total. The van der Waals surface area contributed by atoms with Gasteiger partial charge in [0, 0.05) is 12.6 Å². The van der Waals surface area contributed by atoms with E-state index in [1.807, 2.05) is 0 Å². The number of hydrogen-bond donors (Lipinski definition) is 1. The zero-order valence-corrected chi connectivity index (χ0v) is 12.0. The highest BCUT2D eigenvalue weighted by Gasteiger charge is 2.22. The average molecular weight is 242 g/mol. The van der Waals surface area contributed by atoms with Gasteiger partial charge in [0.1, 0.15) is 0 Å². The zero-order chi connectivity index (χ0) is 12.9. The molecule has 0 bridgehead atoms. The summed E-state index contributed by atoms with van der Waals surface area (Å²) in [6, 6.07) is 0.118. The molecule has 0 spiro atoms. The van der Waals surface area contributed by atoms with Gasteiger partial charge in [-0.2, -0.15) is 0 Å². The number of nitrogens with two attached hydrogens (primary N) is 1. The van der Waals surface area contributed by atoms with Crippen molar-refractivity contribution < 1.29 is 4.74 Å². The van der Waals surface area contributed by atoms with Crippen LogP contribution in [0.4, 0.5) is 0 Å². The Morgan fingerprint density at radius 1 is 1.12 bits per heavy atom. The smallest absolute Gasteiger partial charge is 0.0717 e. The van der Waals surface area contributed by atoms with Gasteiger partial charge in [-0.05, 0) is 53.6 Å². The topological polar surface area (TPSA) is 38.5 Å². The Hall–Kier alpha value is -0.120. The molecule has 1 rings (SSSR count). The Labute approximate surface area is 107 Å². The molecule has 0 aromatic rings. The minimum atomic E-state index is -0.101. The van der Waals surface area contributed by atoms with E-state index in [0.29, 0.717) is 0 Å². The Kier molecular flexibility index (Phi) is 5.90. The lowest BCUT2D eigenvalue weighted by atomic mass is 10.1. The molecule has 1 aliphatic heterocycles. The molecule has 1 saturated heterocycles. The molecule has 2 N–H and O–H groups in total. The third-order valence-electron chi connectivity index (χ3n) is 3.31. The van der Waals surface area contributed by atoms with Crippen LogP contribution in [-0.4, -0.2) is 42.3 Å². The largest absolute Gasteiger partial charge is 0.371 e. The molecule has 17 heavy (non-hydrogen) atoms. The van der Waals surface area contributed by atoms with E-state index in [0.717, 1.165) is 6.54 Å². The van der Waals surface area contributed by atoms with E-state index < -0.39 is 0 Å². The van der Waals surface area contributed by atoms with Crippen LogP contribution in [0.25, 0.3) is 0 Å². The lowest BCUT2D eigenvalue weighted by Gasteiger charge is -2.32. The first kappa shape index (κ1) is 14.9. The summed E-state index contributed by atoms with van der Waals surface area (Å²) in [6.07, 6.45) is 5.51. The van der Waals surface area contributed by atoms with E-state index in [2.05, 4.69) is 32.6 Å². The van der Waals surface area contributed by atoms with E-state index in [9.17, 15) is 0 Å². The van der Waals surface area contributed by atoms with Crippen LogP contribution in [0, 0.1) is 0 Å². The van der Waals surface area contributed by atoms with Crippen molar-refractivity contribution >= 4 is 0 Å². The maximum Gasteiger partial charge on any atom is 0.0717 e.